The number of hydrogen-bond donors (Lipinski definition) is 3. The Morgan fingerprint density at radius 2 is 2.12 bits per heavy atom. The van der Waals surface area contributed by atoms with Crippen LogP contribution in [0.15, 0.2) is 0 Å². The SMILES string of the molecule is O=C(CSC1CCNCC1)NCC1(CO)CC1. The number of rotatable bonds is 6. The monoisotopic (exact) mass is 258 g/mol. The van der Waals surface area contributed by atoms with Crippen molar-refractivity contribution in [2.45, 2.75) is 30.9 Å². The Labute approximate surface area is 107 Å². The van der Waals surface area contributed by atoms with Crippen LogP contribution in [0.25, 0.3) is 0 Å². The Morgan fingerprint density at radius 3 is 2.71 bits per heavy atom. The van der Waals surface area contributed by atoms with Crippen LogP contribution >= 0.6 is 11.8 Å². The van der Waals surface area contributed by atoms with Crippen LogP contribution in [0.4, 0.5) is 0 Å². The van der Waals surface area contributed by atoms with Gasteiger partial charge in [-0.25, -0.2) is 0 Å². The Hall–Kier alpha value is -0.260. The van der Waals surface area contributed by atoms with Gasteiger partial charge in [0.15, 0.2) is 0 Å². The number of nitrogens with one attached hydrogen (secondary N) is 2. The Kier molecular flexibility index (Phi) is 4.70. The van der Waals surface area contributed by atoms with Gasteiger partial charge >= 0.3 is 0 Å². The van der Waals surface area contributed by atoms with Crippen LogP contribution in [-0.4, -0.2) is 48.3 Å². The lowest BCUT2D eigenvalue weighted by Crippen LogP contribution is -2.34. The summed E-state index contributed by atoms with van der Waals surface area (Å²) in [5, 5.41) is 16.0. The first-order valence-corrected chi connectivity index (χ1v) is 7.49. The van der Waals surface area contributed by atoms with Gasteiger partial charge in [-0.05, 0) is 38.8 Å². The van der Waals surface area contributed by atoms with Crippen molar-refractivity contribution in [3.05, 3.63) is 0 Å². The van der Waals surface area contributed by atoms with E-state index in [2.05, 4.69) is 10.6 Å². The van der Waals surface area contributed by atoms with Crippen LogP contribution in [0.2, 0.25) is 0 Å². The van der Waals surface area contributed by atoms with Crippen molar-refractivity contribution in [1.29, 1.82) is 0 Å². The van der Waals surface area contributed by atoms with E-state index in [1.807, 2.05) is 0 Å². The first kappa shape index (κ1) is 13.2. The van der Waals surface area contributed by atoms with Crippen molar-refractivity contribution >= 4 is 17.7 Å². The number of carbonyl (C=O) groups excluding carboxylic acids is 1. The fraction of sp³-hybridized carbons (Fsp3) is 0.917. The fourth-order valence-electron chi connectivity index (χ4n) is 2.06. The molecular weight excluding hydrogens is 236 g/mol. The minimum absolute atomic E-state index is 0.0229. The Bertz CT molecular complexity index is 263. The molecule has 1 amide bonds. The molecule has 3 N–H and O–H groups in total. The zero-order valence-electron chi connectivity index (χ0n) is 10.2. The third-order valence-corrected chi connectivity index (χ3v) is 5.06. The first-order chi connectivity index (χ1) is 8.24. The van der Waals surface area contributed by atoms with Gasteiger partial charge in [0.25, 0.3) is 0 Å². The molecule has 1 aliphatic carbocycles. The van der Waals surface area contributed by atoms with Gasteiger partial charge in [-0.3, -0.25) is 4.79 Å². The highest BCUT2D eigenvalue weighted by atomic mass is 32.2. The van der Waals surface area contributed by atoms with E-state index in [4.69, 9.17) is 5.11 Å². The molecule has 0 aromatic heterocycles. The second-order valence-corrected chi connectivity index (χ2v) is 6.48. The molecule has 0 aromatic rings. The minimum Gasteiger partial charge on any atom is -0.396 e. The maximum absolute atomic E-state index is 11.6. The van der Waals surface area contributed by atoms with E-state index in [0.717, 1.165) is 25.9 Å². The molecule has 0 unspecified atom stereocenters. The van der Waals surface area contributed by atoms with Gasteiger partial charge in [0, 0.05) is 17.2 Å². The van der Waals surface area contributed by atoms with Crippen molar-refractivity contribution < 1.29 is 9.90 Å². The molecule has 1 aliphatic heterocycles. The molecule has 17 heavy (non-hydrogen) atoms. The number of aliphatic hydroxyl groups excluding tert-OH is 1. The molecule has 98 valence electrons. The van der Waals surface area contributed by atoms with E-state index in [-0.39, 0.29) is 17.9 Å². The van der Waals surface area contributed by atoms with Gasteiger partial charge < -0.3 is 15.7 Å². The summed E-state index contributed by atoms with van der Waals surface area (Å²) in [7, 11) is 0. The fourth-order valence-corrected chi connectivity index (χ4v) is 3.12. The van der Waals surface area contributed by atoms with E-state index in [1.54, 1.807) is 11.8 Å². The predicted molar refractivity (Wildman–Crippen MR) is 70.1 cm³/mol. The minimum atomic E-state index is 0.0229. The summed E-state index contributed by atoms with van der Waals surface area (Å²) in [6, 6.07) is 0. The molecule has 1 saturated heterocycles. The topological polar surface area (TPSA) is 61.4 Å². The molecule has 0 atom stereocenters. The third-order valence-electron chi connectivity index (χ3n) is 3.69. The molecule has 1 saturated carbocycles. The quantitative estimate of drug-likeness (QED) is 0.644. The molecule has 1 heterocycles. The summed E-state index contributed by atoms with van der Waals surface area (Å²) < 4.78 is 0. The standard InChI is InChI=1S/C12H22N2O2S/c15-9-12(3-4-12)8-14-11(16)7-17-10-1-5-13-6-2-10/h10,13,15H,1-9H2,(H,14,16). The smallest absolute Gasteiger partial charge is 0.230 e. The highest BCUT2D eigenvalue weighted by Gasteiger charge is 2.41. The molecule has 0 bridgehead atoms. The lowest BCUT2D eigenvalue weighted by molar-refractivity contribution is -0.118. The molecule has 5 heteroatoms. The molecule has 2 aliphatic rings. The van der Waals surface area contributed by atoms with Crippen LogP contribution in [-0.2, 0) is 4.79 Å². The number of carbonyl (C=O) groups is 1. The third kappa shape index (κ3) is 4.16. The zero-order chi connectivity index (χ0) is 12.1. The Balaban J connectivity index is 1.57. The summed E-state index contributed by atoms with van der Waals surface area (Å²) in [6.07, 6.45) is 4.42. The largest absolute Gasteiger partial charge is 0.396 e. The number of hydrogen-bond acceptors (Lipinski definition) is 4. The highest BCUT2D eigenvalue weighted by Crippen LogP contribution is 2.44. The van der Waals surface area contributed by atoms with E-state index in [9.17, 15) is 4.79 Å². The normalized spacial score (nSPS) is 23.4. The van der Waals surface area contributed by atoms with Crippen molar-refractivity contribution in [2.24, 2.45) is 5.41 Å². The van der Waals surface area contributed by atoms with Crippen molar-refractivity contribution in [3.63, 3.8) is 0 Å². The molecule has 0 spiro atoms. The van der Waals surface area contributed by atoms with E-state index in [0.29, 0.717) is 17.5 Å². The van der Waals surface area contributed by atoms with E-state index < -0.39 is 0 Å². The zero-order valence-corrected chi connectivity index (χ0v) is 11.0. The molecule has 2 fully saturated rings. The van der Waals surface area contributed by atoms with Gasteiger partial charge in [-0.2, -0.15) is 0 Å². The predicted octanol–water partition coefficient (Wildman–Crippen LogP) is 0.360. The number of amides is 1. The van der Waals surface area contributed by atoms with Gasteiger partial charge in [0.05, 0.1) is 12.4 Å². The summed E-state index contributed by atoms with van der Waals surface area (Å²) >= 11 is 1.77. The van der Waals surface area contributed by atoms with Crippen molar-refractivity contribution in [1.82, 2.24) is 10.6 Å². The van der Waals surface area contributed by atoms with Gasteiger partial charge in [-0.15, -0.1) is 11.8 Å². The van der Waals surface area contributed by atoms with Gasteiger partial charge in [0.1, 0.15) is 0 Å². The molecule has 0 aromatic carbocycles. The average molecular weight is 258 g/mol. The van der Waals surface area contributed by atoms with Gasteiger partial charge in [-0.1, -0.05) is 0 Å². The molecule has 0 radical (unpaired) electrons. The average Bonchev–Trinajstić information content (AvgIpc) is 3.16. The van der Waals surface area contributed by atoms with Gasteiger partial charge in [0.2, 0.25) is 5.91 Å². The summed E-state index contributed by atoms with van der Waals surface area (Å²) in [5.41, 5.74) is 0.0229. The van der Waals surface area contributed by atoms with E-state index >= 15 is 0 Å². The Morgan fingerprint density at radius 1 is 1.41 bits per heavy atom. The van der Waals surface area contributed by atoms with Crippen LogP contribution in [0.5, 0.6) is 0 Å². The van der Waals surface area contributed by atoms with Crippen LogP contribution in [0, 0.1) is 5.41 Å². The molecular formula is C12H22N2O2S. The molecule has 2 rings (SSSR count). The maximum atomic E-state index is 11.6. The second kappa shape index (κ2) is 6.07. The lowest BCUT2D eigenvalue weighted by atomic mass is 10.1. The molecule has 4 nitrogen and oxygen atoms in total. The summed E-state index contributed by atoms with van der Waals surface area (Å²) in [5.74, 6) is 0.680. The van der Waals surface area contributed by atoms with Crippen molar-refractivity contribution in [2.75, 3.05) is 32.0 Å². The highest BCUT2D eigenvalue weighted by molar-refractivity contribution is 8.00. The number of aliphatic hydroxyl groups is 1. The van der Waals surface area contributed by atoms with Crippen LogP contribution < -0.4 is 10.6 Å². The van der Waals surface area contributed by atoms with Crippen LogP contribution in [0.1, 0.15) is 25.7 Å². The maximum Gasteiger partial charge on any atom is 0.230 e. The number of thioether (sulfide) groups is 1. The second-order valence-electron chi connectivity index (χ2n) is 5.20. The lowest BCUT2D eigenvalue weighted by Gasteiger charge is -2.22. The van der Waals surface area contributed by atoms with E-state index in [1.165, 1.54) is 12.8 Å². The summed E-state index contributed by atoms with van der Waals surface area (Å²) in [4.78, 5) is 11.6. The number of piperidine rings is 1. The first-order valence-electron chi connectivity index (χ1n) is 6.44. The van der Waals surface area contributed by atoms with Crippen molar-refractivity contribution in [3.8, 4) is 0 Å². The van der Waals surface area contributed by atoms with Crippen LogP contribution in [0.3, 0.4) is 0 Å². The summed E-state index contributed by atoms with van der Waals surface area (Å²) in [6.45, 7) is 3.00.